The Morgan fingerprint density at radius 1 is 1.18 bits per heavy atom. The van der Waals surface area contributed by atoms with E-state index in [0.717, 1.165) is 73.9 Å². The largest absolute Gasteiger partial charge is 0.490 e. The van der Waals surface area contributed by atoms with Crippen molar-refractivity contribution >= 4 is 34.9 Å². The van der Waals surface area contributed by atoms with Gasteiger partial charge in [0.1, 0.15) is 5.75 Å². The van der Waals surface area contributed by atoms with Gasteiger partial charge in [-0.1, -0.05) is 11.6 Å². The zero-order valence-corrected chi connectivity index (χ0v) is 20.4. The van der Waals surface area contributed by atoms with Crippen LogP contribution in [-0.4, -0.2) is 70.7 Å². The predicted molar refractivity (Wildman–Crippen MR) is 134 cm³/mol. The first kappa shape index (κ1) is 22.9. The summed E-state index contributed by atoms with van der Waals surface area (Å²) in [6, 6.07) is 5.61. The minimum atomic E-state index is 0.178. The van der Waals surface area contributed by atoms with E-state index in [0.29, 0.717) is 16.0 Å². The number of rotatable bonds is 9. The van der Waals surface area contributed by atoms with E-state index in [-0.39, 0.29) is 6.10 Å². The summed E-state index contributed by atoms with van der Waals surface area (Å²) in [5.74, 6) is 0.724. The lowest BCUT2D eigenvalue weighted by molar-refractivity contribution is -0.119. The van der Waals surface area contributed by atoms with Crippen LogP contribution >= 0.6 is 11.6 Å². The number of pyridine rings is 1. The van der Waals surface area contributed by atoms with Gasteiger partial charge < -0.3 is 14.5 Å². The third-order valence-corrected chi connectivity index (χ3v) is 7.21. The van der Waals surface area contributed by atoms with Crippen molar-refractivity contribution in [2.24, 2.45) is 5.41 Å². The van der Waals surface area contributed by atoms with Crippen LogP contribution in [0.3, 0.4) is 0 Å². The van der Waals surface area contributed by atoms with Gasteiger partial charge in [-0.25, -0.2) is 0 Å². The van der Waals surface area contributed by atoms with E-state index in [2.05, 4.69) is 15.0 Å². The molecule has 8 heteroatoms. The van der Waals surface area contributed by atoms with Crippen LogP contribution in [0.2, 0.25) is 5.02 Å². The van der Waals surface area contributed by atoms with Crippen molar-refractivity contribution in [1.29, 1.82) is 0 Å². The second-order valence-electron chi connectivity index (χ2n) is 9.78. The highest BCUT2D eigenvalue weighted by Gasteiger charge is 2.53. The summed E-state index contributed by atoms with van der Waals surface area (Å²) in [5, 5.41) is 6.08. The number of fused-ring (bicyclic) bond motifs is 1. The molecule has 1 spiro atoms. The summed E-state index contributed by atoms with van der Waals surface area (Å²) in [4.78, 5) is 20.3. The third kappa shape index (κ3) is 4.55. The van der Waals surface area contributed by atoms with Crippen LogP contribution in [0.1, 0.15) is 35.2 Å². The molecule has 34 heavy (non-hydrogen) atoms. The van der Waals surface area contributed by atoms with Crippen molar-refractivity contribution in [1.82, 2.24) is 24.6 Å². The Hall–Kier alpha value is -2.90. The summed E-state index contributed by atoms with van der Waals surface area (Å²) in [7, 11) is 3.88. The second-order valence-corrected chi connectivity index (χ2v) is 10.2. The van der Waals surface area contributed by atoms with Gasteiger partial charge in [0.2, 0.25) is 0 Å². The fourth-order valence-corrected chi connectivity index (χ4v) is 5.44. The number of benzene rings is 1. The van der Waals surface area contributed by atoms with Gasteiger partial charge in [-0.2, -0.15) is 5.10 Å². The molecule has 0 amide bonds. The van der Waals surface area contributed by atoms with Crippen LogP contribution < -0.4 is 4.74 Å². The number of aryl methyl sites for hydroxylation is 1. The van der Waals surface area contributed by atoms with Crippen LogP contribution in [0.5, 0.6) is 5.75 Å². The summed E-state index contributed by atoms with van der Waals surface area (Å²) >= 11 is 6.25. The number of ether oxygens (including phenoxy) is 1. The molecule has 1 saturated carbocycles. The second kappa shape index (κ2) is 9.39. The SMILES string of the molecule is CN(C)/C=C\c1c(OC2CC3(C2)CN(CCCn2ncc4ccncc42)C3)ccc(Cl)c1C=O. The van der Waals surface area contributed by atoms with Crippen molar-refractivity contribution in [3.05, 3.63) is 59.1 Å². The number of likely N-dealkylation sites (tertiary alicyclic amines) is 1. The van der Waals surface area contributed by atoms with Gasteiger partial charge in [0, 0.05) is 61.9 Å². The van der Waals surface area contributed by atoms with E-state index in [4.69, 9.17) is 16.3 Å². The number of halogens is 1. The molecule has 1 aliphatic carbocycles. The third-order valence-electron chi connectivity index (χ3n) is 6.88. The number of nitrogens with zero attached hydrogens (tertiary/aromatic N) is 5. The minimum absolute atomic E-state index is 0.178. The quantitative estimate of drug-likeness (QED) is 0.425. The molecule has 0 radical (unpaired) electrons. The molecule has 0 atom stereocenters. The van der Waals surface area contributed by atoms with Crippen LogP contribution in [0.4, 0.5) is 0 Å². The minimum Gasteiger partial charge on any atom is -0.490 e. The maximum Gasteiger partial charge on any atom is 0.152 e. The van der Waals surface area contributed by atoms with Gasteiger partial charge >= 0.3 is 0 Å². The topological polar surface area (TPSA) is 63.5 Å². The molecular formula is C26H30ClN5O2. The normalized spacial score (nSPS) is 17.7. The Labute approximate surface area is 205 Å². The van der Waals surface area contributed by atoms with Crippen LogP contribution in [0.15, 0.2) is 43.0 Å². The molecule has 2 aromatic heterocycles. The van der Waals surface area contributed by atoms with Crippen molar-refractivity contribution in [3.63, 3.8) is 0 Å². The van der Waals surface area contributed by atoms with Crippen molar-refractivity contribution in [3.8, 4) is 5.75 Å². The lowest BCUT2D eigenvalue weighted by atomic mass is 9.61. The Morgan fingerprint density at radius 2 is 2.00 bits per heavy atom. The Kier molecular flexibility index (Phi) is 6.32. The average molecular weight is 480 g/mol. The fourth-order valence-electron chi connectivity index (χ4n) is 5.23. The summed E-state index contributed by atoms with van der Waals surface area (Å²) in [6.07, 6.45) is 13.5. The maximum atomic E-state index is 11.6. The highest BCUT2D eigenvalue weighted by atomic mass is 35.5. The zero-order chi connectivity index (χ0) is 23.7. The van der Waals surface area contributed by atoms with Gasteiger partial charge in [0.25, 0.3) is 0 Å². The van der Waals surface area contributed by atoms with Crippen LogP contribution in [0, 0.1) is 5.41 Å². The van der Waals surface area contributed by atoms with E-state index >= 15 is 0 Å². The lowest BCUT2D eigenvalue weighted by Gasteiger charge is -2.58. The molecule has 2 aliphatic rings. The molecule has 1 aliphatic heterocycles. The molecule has 3 aromatic rings. The van der Waals surface area contributed by atoms with Gasteiger partial charge in [0.15, 0.2) is 6.29 Å². The summed E-state index contributed by atoms with van der Waals surface area (Å²) in [5.41, 5.74) is 2.70. The summed E-state index contributed by atoms with van der Waals surface area (Å²) < 4.78 is 8.37. The van der Waals surface area contributed by atoms with E-state index < -0.39 is 0 Å². The molecule has 0 N–H and O–H groups in total. The highest BCUT2D eigenvalue weighted by Crippen LogP contribution is 2.50. The van der Waals surface area contributed by atoms with Gasteiger partial charge in [-0.05, 0) is 56.3 Å². The molecule has 0 bridgehead atoms. The van der Waals surface area contributed by atoms with Crippen molar-refractivity contribution in [2.45, 2.75) is 31.9 Å². The monoisotopic (exact) mass is 479 g/mol. The van der Waals surface area contributed by atoms with Crippen LogP contribution in [-0.2, 0) is 6.54 Å². The van der Waals surface area contributed by atoms with Crippen molar-refractivity contribution in [2.75, 3.05) is 33.7 Å². The van der Waals surface area contributed by atoms with Gasteiger partial charge in [-0.15, -0.1) is 0 Å². The molecule has 0 unspecified atom stereocenters. The highest BCUT2D eigenvalue weighted by molar-refractivity contribution is 6.33. The fraction of sp³-hybridized carbons (Fsp3) is 0.423. The molecule has 178 valence electrons. The molecule has 3 heterocycles. The van der Waals surface area contributed by atoms with Crippen LogP contribution in [0.25, 0.3) is 17.0 Å². The van der Waals surface area contributed by atoms with E-state index in [1.54, 1.807) is 12.3 Å². The lowest BCUT2D eigenvalue weighted by Crippen LogP contribution is -2.64. The number of carbonyl (C=O) groups excluding carboxylic acids is 1. The van der Waals surface area contributed by atoms with Crippen molar-refractivity contribution < 1.29 is 9.53 Å². The summed E-state index contributed by atoms with van der Waals surface area (Å²) in [6.45, 7) is 4.24. The first-order valence-corrected chi connectivity index (χ1v) is 12.1. The maximum absolute atomic E-state index is 11.6. The Bertz CT molecular complexity index is 1210. The number of hydrogen-bond donors (Lipinski definition) is 0. The van der Waals surface area contributed by atoms with E-state index in [1.165, 1.54) is 0 Å². The first-order valence-electron chi connectivity index (χ1n) is 11.7. The number of aromatic nitrogens is 3. The molecular weight excluding hydrogens is 450 g/mol. The van der Waals surface area contributed by atoms with E-state index in [1.807, 2.05) is 60.5 Å². The molecule has 7 nitrogen and oxygen atoms in total. The first-order chi connectivity index (χ1) is 16.5. The van der Waals surface area contributed by atoms with Gasteiger partial charge in [0.05, 0.1) is 29.0 Å². The molecule has 1 aromatic carbocycles. The molecule has 2 fully saturated rings. The Morgan fingerprint density at radius 3 is 2.76 bits per heavy atom. The van der Waals surface area contributed by atoms with E-state index in [9.17, 15) is 4.79 Å². The molecule has 1 saturated heterocycles. The average Bonchev–Trinajstić information content (AvgIpc) is 3.18. The standard InChI is InChI=1S/C26H30ClN5O2/c1-30(2)11-7-21-22(16-33)23(27)4-5-25(21)34-20-12-26(13-20)17-31(18-26)9-3-10-32-24-15-28-8-6-19(24)14-29-32/h4-8,11,14-16,20H,3,9-10,12-13,17-18H2,1-2H3/b11-7-. The van der Waals surface area contributed by atoms with Gasteiger partial charge in [-0.3, -0.25) is 14.5 Å². The Balaban J connectivity index is 1.11. The zero-order valence-electron chi connectivity index (χ0n) is 19.7. The number of aldehydes is 1. The number of carbonyl (C=O) groups is 1. The number of hydrogen-bond acceptors (Lipinski definition) is 6. The predicted octanol–water partition coefficient (Wildman–Crippen LogP) is 4.36. The smallest absolute Gasteiger partial charge is 0.152 e. The molecule has 5 rings (SSSR count).